The minimum atomic E-state index is 0.178. The van der Waals surface area contributed by atoms with Crippen LogP contribution in [0.3, 0.4) is 0 Å². The molecule has 1 aromatic carbocycles. The van der Waals surface area contributed by atoms with E-state index in [-0.39, 0.29) is 5.78 Å². The van der Waals surface area contributed by atoms with Crippen molar-refractivity contribution in [2.45, 2.75) is 19.8 Å². The molecule has 0 aliphatic heterocycles. The summed E-state index contributed by atoms with van der Waals surface area (Å²) < 4.78 is 0. The first kappa shape index (κ1) is 10.1. The number of hydrogen-bond acceptors (Lipinski definition) is 3. The van der Waals surface area contributed by atoms with Crippen molar-refractivity contribution in [1.29, 1.82) is 0 Å². The summed E-state index contributed by atoms with van der Waals surface area (Å²) in [5.41, 5.74) is 3.44. The van der Waals surface area contributed by atoms with Gasteiger partial charge in [0.2, 0.25) is 0 Å². The molecule has 0 saturated carbocycles. The molecule has 2 aromatic rings. The van der Waals surface area contributed by atoms with E-state index in [1.165, 1.54) is 0 Å². The number of Topliss-reactive ketones (excluding diaryl/α,β-unsaturated/α-hetero) is 1. The van der Waals surface area contributed by atoms with Crippen molar-refractivity contribution in [3.05, 3.63) is 47.3 Å². The molecule has 84 valence electrons. The maximum Gasteiger partial charge on any atom is 0.166 e. The van der Waals surface area contributed by atoms with Crippen LogP contribution in [0, 0.1) is 6.92 Å². The molecule has 1 aliphatic rings. The number of aromatic nitrogens is 2. The van der Waals surface area contributed by atoms with Gasteiger partial charge in [0.15, 0.2) is 11.6 Å². The lowest BCUT2D eigenvalue weighted by Gasteiger charge is -2.05. The summed E-state index contributed by atoms with van der Waals surface area (Å²) in [4.78, 5) is 20.6. The molecule has 0 saturated heterocycles. The fourth-order valence-corrected chi connectivity index (χ4v) is 2.25. The van der Waals surface area contributed by atoms with Gasteiger partial charge in [0.05, 0.1) is 17.0 Å². The summed E-state index contributed by atoms with van der Waals surface area (Å²) in [6.07, 6.45) is 1.32. The van der Waals surface area contributed by atoms with Crippen LogP contribution in [0.1, 0.15) is 28.2 Å². The van der Waals surface area contributed by atoms with Gasteiger partial charge in [0, 0.05) is 12.0 Å². The van der Waals surface area contributed by atoms with Gasteiger partial charge in [-0.25, -0.2) is 9.97 Å². The number of rotatable bonds is 1. The second-order valence-electron chi connectivity index (χ2n) is 4.24. The van der Waals surface area contributed by atoms with Crippen LogP contribution in [0.2, 0.25) is 0 Å². The van der Waals surface area contributed by atoms with Gasteiger partial charge >= 0.3 is 0 Å². The normalized spacial score (nSPS) is 13.8. The summed E-state index contributed by atoms with van der Waals surface area (Å²) in [5, 5.41) is 0. The fraction of sp³-hybridized carbons (Fsp3) is 0.214. The summed E-state index contributed by atoms with van der Waals surface area (Å²) in [5.74, 6) is 0.897. The average Bonchev–Trinajstić information content (AvgIpc) is 2.73. The van der Waals surface area contributed by atoms with Crippen LogP contribution in [0.15, 0.2) is 30.3 Å². The van der Waals surface area contributed by atoms with Gasteiger partial charge in [-0.3, -0.25) is 4.79 Å². The summed E-state index contributed by atoms with van der Waals surface area (Å²) >= 11 is 0. The van der Waals surface area contributed by atoms with Gasteiger partial charge in [0.25, 0.3) is 0 Å². The standard InChI is InChI=1S/C14H12N2O/c1-9-13-11(7-8-12(13)17)16-14(15-9)10-5-3-2-4-6-10/h2-6H,7-8H2,1H3. The Balaban J connectivity index is 2.16. The fourth-order valence-electron chi connectivity index (χ4n) is 2.25. The second kappa shape index (κ2) is 3.77. The largest absolute Gasteiger partial charge is 0.294 e. The lowest BCUT2D eigenvalue weighted by atomic mass is 10.1. The first-order chi connectivity index (χ1) is 8.25. The zero-order chi connectivity index (χ0) is 11.8. The Hall–Kier alpha value is -2.03. The van der Waals surface area contributed by atoms with E-state index in [4.69, 9.17) is 0 Å². The molecule has 0 atom stereocenters. The maximum atomic E-state index is 11.7. The van der Waals surface area contributed by atoms with Crippen molar-refractivity contribution in [3.8, 4) is 11.4 Å². The van der Waals surface area contributed by atoms with Crippen molar-refractivity contribution >= 4 is 5.78 Å². The minimum Gasteiger partial charge on any atom is -0.294 e. The topological polar surface area (TPSA) is 42.9 Å². The van der Waals surface area contributed by atoms with Crippen LogP contribution >= 0.6 is 0 Å². The molecule has 0 N–H and O–H groups in total. The Morgan fingerprint density at radius 3 is 2.59 bits per heavy atom. The zero-order valence-corrected chi connectivity index (χ0v) is 9.60. The Kier molecular flexibility index (Phi) is 2.25. The van der Waals surface area contributed by atoms with Crippen LogP contribution in [0.5, 0.6) is 0 Å². The number of ketones is 1. The van der Waals surface area contributed by atoms with E-state index in [9.17, 15) is 4.79 Å². The number of carbonyl (C=O) groups is 1. The molecule has 1 heterocycles. The monoisotopic (exact) mass is 224 g/mol. The molecule has 3 heteroatoms. The predicted octanol–water partition coefficient (Wildman–Crippen LogP) is 2.58. The van der Waals surface area contributed by atoms with Gasteiger partial charge in [-0.05, 0) is 13.3 Å². The predicted molar refractivity (Wildman–Crippen MR) is 64.9 cm³/mol. The Morgan fingerprint density at radius 1 is 1.06 bits per heavy atom. The molecule has 0 unspecified atom stereocenters. The van der Waals surface area contributed by atoms with Crippen LogP contribution in [-0.2, 0) is 6.42 Å². The van der Waals surface area contributed by atoms with Crippen LogP contribution in [0.25, 0.3) is 11.4 Å². The molecule has 0 radical (unpaired) electrons. The first-order valence-corrected chi connectivity index (χ1v) is 5.72. The zero-order valence-electron chi connectivity index (χ0n) is 9.60. The SMILES string of the molecule is Cc1nc(-c2ccccc2)nc2c1C(=O)CC2. The highest BCUT2D eigenvalue weighted by molar-refractivity contribution is 6.00. The molecular weight excluding hydrogens is 212 g/mol. The van der Waals surface area contributed by atoms with E-state index < -0.39 is 0 Å². The van der Waals surface area contributed by atoms with Gasteiger partial charge in [-0.2, -0.15) is 0 Å². The van der Waals surface area contributed by atoms with E-state index in [1.807, 2.05) is 37.3 Å². The third-order valence-electron chi connectivity index (χ3n) is 3.06. The van der Waals surface area contributed by atoms with Crippen molar-refractivity contribution < 1.29 is 4.79 Å². The highest BCUT2D eigenvalue weighted by Gasteiger charge is 2.24. The number of benzene rings is 1. The average molecular weight is 224 g/mol. The number of fused-ring (bicyclic) bond motifs is 1. The van der Waals surface area contributed by atoms with Gasteiger partial charge in [-0.15, -0.1) is 0 Å². The summed E-state index contributed by atoms with van der Waals surface area (Å²) in [6, 6.07) is 9.86. The third-order valence-corrected chi connectivity index (χ3v) is 3.06. The smallest absolute Gasteiger partial charge is 0.166 e. The molecule has 1 aromatic heterocycles. The molecule has 0 amide bonds. The Bertz CT molecular complexity index is 591. The van der Waals surface area contributed by atoms with E-state index in [2.05, 4.69) is 9.97 Å². The third kappa shape index (κ3) is 1.64. The second-order valence-corrected chi connectivity index (χ2v) is 4.24. The molecule has 0 bridgehead atoms. The minimum absolute atomic E-state index is 0.178. The lowest BCUT2D eigenvalue weighted by Crippen LogP contribution is -2.02. The molecule has 0 spiro atoms. The van der Waals surface area contributed by atoms with Crippen molar-refractivity contribution in [2.75, 3.05) is 0 Å². The Morgan fingerprint density at radius 2 is 1.82 bits per heavy atom. The van der Waals surface area contributed by atoms with Gasteiger partial charge < -0.3 is 0 Å². The number of aryl methyl sites for hydroxylation is 2. The van der Waals surface area contributed by atoms with E-state index >= 15 is 0 Å². The van der Waals surface area contributed by atoms with Crippen LogP contribution in [0.4, 0.5) is 0 Å². The van der Waals surface area contributed by atoms with Crippen molar-refractivity contribution in [3.63, 3.8) is 0 Å². The molecule has 3 rings (SSSR count). The lowest BCUT2D eigenvalue weighted by molar-refractivity contribution is 0.0994. The summed E-state index contributed by atoms with van der Waals surface area (Å²) in [7, 11) is 0. The van der Waals surface area contributed by atoms with E-state index in [1.54, 1.807) is 0 Å². The van der Waals surface area contributed by atoms with Crippen LogP contribution < -0.4 is 0 Å². The highest BCUT2D eigenvalue weighted by atomic mass is 16.1. The number of hydrogen-bond donors (Lipinski definition) is 0. The van der Waals surface area contributed by atoms with Crippen molar-refractivity contribution in [1.82, 2.24) is 9.97 Å². The quantitative estimate of drug-likeness (QED) is 0.747. The molecule has 3 nitrogen and oxygen atoms in total. The number of nitrogens with zero attached hydrogens (tertiary/aromatic N) is 2. The van der Waals surface area contributed by atoms with Gasteiger partial charge in [-0.1, -0.05) is 30.3 Å². The highest BCUT2D eigenvalue weighted by Crippen LogP contribution is 2.25. The van der Waals surface area contributed by atoms with E-state index in [0.717, 1.165) is 34.8 Å². The molecule has 17 heavy (non-hydrogen) atoms. The molecular formula is C14H12N2O. The Labute approximate surface area is 99.5 Å². The molecule has 0 fully saturated rings. The van der Waals surface area contributed by atoms with Gasteiger partial charge in [0.1, 0.15) is 0 Å². The molecule has 1 aliphatic carbocycles. The van der Waals surface area contributed by atoms with Crippen molar-refractivity contribution in [2.24, 2.45) is 0 Å². The number of carbonyl (C=O) groups excluding carboxylic acids is 1. The van der Waals surface area contributed by atoms with Crippen LogP contribution in [-0.4, -0.2) is 15.8 Å². The maximum absolute atomic E-state index is 11.7. The van der Waals surface area contributed by atoms with E-state index in [0.29, 0.717) is 6.42 Å². The summed E-state index contributed by atoms with van der Waals surface area (Å²) in [6.45, 7) is 1.89. The first-order valence-electron chi connectivity index (χ1n) is 5.72.